The summed E-state index contributed by atoms with van der Waals surface area (Å²) in [6.07, 6.45) is 1.01. The quantitative estimate of drug-likeness (QED) is 0.633. The largest absolute Gasteiger partial charge is 0.397 e. The lowest BCUT2D eigenvalue weighted by atomic mass is 10.3. The average molecular weight is 214 g/mol. The minimum absolute atomic E-state index is 0.237. The van der Waals surface area contributed by atoms with Crippen LogP contribution in [0, 0.1) is 6.92 Å². The second-order valence-electron chi connectivity index (χ2n) is 3.05. The molecule has 1 aromatic heterocycles. The second kappa shape index (κ2) is 5.19. The van der Waals surface area contributed by atoms with Crippen LogP contribution in [0.2, 0.25) is 0 Å². The monoisotopic (exact) mass is 214 g/mol. The number of pyridine rings is 1. The summed E-state index contributed by atoms with van der Waals surface area (Å²) in [4.78, 5) is 4.13. The molecule has 0 aliphatic carbocycles. The van der Waals surface area contributed by atoms with Gasteiger partial charge in [-0.3, -0.25) is 0 Å². The van der Waals surface area contributed by atoms with E-state index in [0.29, 0.717) is 16.5 Å². The molecule has 1 heterocycles. The molecule has 1 unspecified atom stereocenters. The molecular formula is C9H14N2O2S. The minimum Gasteiger partial charge on any atom is -0.397 e. The van der Waals surface area contributed by atoms with Crippen LogP contribution in [-0.4, -0.2) is 33.7 Å². The Balaban J connectivity index is 2.59. The van der Waals surface area contributed by atoms with E-state index in [1.165, 1.54) is 11.8 Å². The number of aromatic nitrogens is 1. The maximum Gasteiger partial charge on any atom is 0.119 e. The third kappa shape index (κ3) is 3.17. The molecule has 0 aromatic carbocycles. The number of nitrogens with two attached hydrogens (primary N) is 1. The summed E-state index contributed by atoms with van der Waals surface area (Å²) in [5.74, 6) is 0.400. The van der Waals surface area contributed by atoms with E-state index in [0.717, 1.165) is 5.56 Å². The van der Waals surface area contributed by atoms with Crippen molar-refractivity contribution in [2.24, 2.45) is 0 Å². The van der Waals surface area contributed by atoms with E-state index < -0.39 is 6.10 Å². The van der Waals surface area contributed by atoms with Crippen LogP contribution in [0.4, 0.5) is 5.69 Å². The number of nitrogen functional groups attached to an aromatic ring is 1. The third-order valence-electron chi connectivity index (χ3n) is 1.64. The number of hydrogen-bond acceptors (Lipinski definition) is 5. The van der Waals surface area contributed by atoms with Crippen molar-refractivity contribution in [1.82, 2.24) is 4.98 Å². The molecule has 4 nitrogen and oxygen atoms in total. The van der Waals surface area contributed by atoms with Gasteiger partial charge in [-0.1, -0.05) is 0 Å². The normalized spacial score (nSPS) is 12.8. The number of aliphatic hydroxyl groups excluding tert-OH is 2. The van der Waals surface area contributed by atoms with Crippen LogP contribution >= 0.6 is 11.8 Å². The van der Waals surface area contributed by atoms with Gasteiger partial charge in [-0.25, -0.2) is 4.98 Å². The molecule has 78 valence electrons. The maximum atomic E-state index is 9.13. The molecule has 0 aliphatic heterocycles. The van der Waals surface area contributed by atoms with Gasteiger partial charge in [0, 0.05) is 11.9 Å². The Bertz CT molecular complexity index is 307. The van der Waals surface area contributed by atoms with Crippen molar-refractivity contribution in [2.45, 2.75) is 18.1 Å². The van der Waals surface area contributed by atoms with Crippen LogP contribution in [0.5, 0.6) is 0 Å². The highest BCUT2D eigenvalue weighted by Gasteiger charge is 2.06. The van der Waals surface area contributed by atoms with E-state index in [-0.39, 0.29) is 6.61 Å². The second-order valence-corrected chi connectivity index (χ2v) is 4.06. The number of aliphatic hydroxyl groups is 2. The Labute approximate surface area is 87.2 Å². The third-order valence-corrected chi connectivity index (χ3v) is 2.80. The van der Waals surface area contributed by atoms with E-state index in [2.05, 4.69) is 4.98 Å². The number of aryl methyl sites for hydroxylation is 1. The molecule has 1 aromatic rings. The lowest BCUT2D eigenvalue weighted by Gasteiger charge is -2.07. The predicted molar refractivity (Wildman–Crippen MR) is 57.2 cm³/mol. The van der Waals surface area contributed by atoms with E-state index >= 15 is 0 Å². The van der Waals surface area contributed by atoms with Gasteiger partial charge in [-0.2, -0.15) is 0 Å². The van der Waals surface area contributed by atoms with Gasteiger partial charge in [0.15, 0.2) is 0 Å². The van der Waals surface area contributed by atoms with Crippen molar-refractivity contribution in [2.75, 3.05) is 18.1 Å². The van der Waals surface area contributed by atoms with Crippen LogP contribution in [0.25, 0.3) is 0 Å². The fourth-order valence-electron chi connectivity index (χ4n) is 0.928. The SMILES string of the molecule is Cc1cnc(SCC(O)CO)c(N)c1. The first-order valence-electron chi connectivity index (χ1n) is 4.27. The van der Waals surface area contributed by atoms with Gasteiger partial charge < -0.3 is 15.9 Å². The Morgan fingerprint density at radius 3 is 2.93 bits per heavy atom. The number of nitrogens with zero attached hydrogens (tertiary/aromatic N) is 1. The Morgan fingerprint density at radius 2 is 2.36 bits per heavy atom. The van der Waals surface area contributed by atoms with E-state index in [1.54, 1.807) is 6.20 Å². The highest BCUT2D eigenvalue weighted by atomic mass is 32.2. The van der Waals surface area contributed by atoms with Gasteiger partial charge in [-0.15, -0.1) is 11.8 Å². The molecule has 0 amide bonds. The first-order chi connectivity index (χ1) is 6.63. The molecule has 1 rings (SSSR count). The van der Waals surface area contributed by atoms with E-state index in [4.69, 9.17) is 15.9 Å². The highest BCUT2D eigenvalue weighted by Crippen LogP contribution is 2.23. The molecule has 0 aliphatic rings. The van der Waals surface area contributed by atoms with Crippen molar-refractivity contribution in [1.29, 1.82) is 0 Å². The van der Waals surface area contributed by atoms with Crippen LogP contribution in [-0.2, 0) is 0 Å². The molecule has 0 bridgehead atoms. The van der Waals surface area contributed by atoms with Crippen molar-refractivity contribution in [3.8, 4) is 0 Å². The van der Waals surface area contributed by atoms with Crippen LogP contribution < -0.4 is 5.73 Å². The zero-order valence-electron chi connectivity index (χ0n) is 7.97. The van der Waals surface area contributed by atoms with Gasteiger partial charge in [0.1, 0.15) is 5.03 Å². The average Bonchev–Trinajstić information content (AvgIpc) is 2.16. The Kier molecular flexibility index (Phi) is 4.19. The summed E-state index contributed by atoms with van der Waals surface area (Å²) in [6, 6.07) is 1.83. The first kappa shape index (κ1) is 11.3. The molecule has 4 N–H and O–H groups in total. The fraction of sp³-hybridized carbons (Fsp3) is 0.444. The molecule has 0 saturated heterocycles. The smallest absolute Gasteiger partial charge is 0.119 e. The maximum absolute atomic E-state index is 9.13. The van der Waals surface area contributed by atoms with Crippen molar-refractivity contribution >= 4 is 17.4 Å². The topological polar surface area (TPSA) is 79.4 Å². The van der Waals surface area contributed by atoms with E-state index in [1.807, 2.05) is 13.0 Å². The van der Waals surface area contributed by atoms with E-state index in [9.17, 15) is 0 Å². The first-order valence-corrected chi connectivity index (χ1v) is 5.26. The van der Waals surface area contributed by atoms with Crippen LogP contribution in [0.3, 0.4) is 0 Å². The molecular weight excluding hydrogens is 200 g/mol. The summed E-state index contributed by atoms with van der Waals surface area (Å²) in [7, 11) is 0. The Morgan fingerprint density at radius 1 is 1.64 bits per heavy atom. The fourth-order valence-corrected chi connectivity index (χ4v) is 1.74. The lowest BCUT2D eigenvalue weighted by Crippen LogP contribution is -2.14. The zero-order chi connectivity index (χ0) is 10.6. The van der Waals surface area contributed by atoms with Gasteiger partial charge in [0.25, 0.3) is 0 Å². The molecule has 0 saturated carbocycles. The molecule has 0 fully saturated rings. The molecule has 1 atom stereocenters. The van der Waals surface area contributed by atoms with Gasteiger partial charge >= 0.3 is 0 Å². The molecule has 5 heteroatoms. The van der Waals surface area contributed by atoms with Gasteiger partial charge in [0.2, 0.25) is 0 Å². The predicted octanol–water partition coefficient (Wildman–Crippen LogP) is 0.418. The summed E-state index contributed by atoms with van der Waals surface area (Å²) in [6.45, 7) is 1.68. The summed E-state index contributed by atoms with van der Waals surface area (Å²) < 4.78 is 0. The Hall–Kier alpha value is -0.780. The molecule has 0 spiro atoms. The highest BCUT2D eigenvalue weighted by molar-refractivity contribution is 7.99. The summed E-state index contributed by atoms with van der Waals surface area (Å²) >= 11 is 1.34. The molecule has 0 radical (unpaired) electrons. The number of thioether (sulfide) groups is 1. The van der Waals surface area contributed by atoms with Crippen LogP contribution in [0.1, 0.15) is 5.56 Å². The molecule has 14 heavy (non-hydrogen) atoms. The summed E-state index contributed by atoms with van der Waals surface area (Å²) in [5.41, 5.74) is 7.34. The minimum atomic E-state index is -0.720. The number of anilines is 1. The zero-order valence-corrected chi connectivity index (χ0v) is 8.79. The lowest BCUT2D eigenvalue weighted by molar-refractivity contribution is 0.113. The van der Waals surface area contributed by atoms with Gasteiger partial charge in [-0.05, 0) is 18.6 Å². The van der Waals surface area contributed by atoms with Crippen LogP contribution in [0.15, 0.2) is 17.3 Å². The number of hydrogen-bond donors (Lipinski definition) is 3. The standard InChI is InChI=1S/C9H14N2O2S/c1-6-2-8(10)9(11-3-6)14-5-7(13)4-12/h2-3,7,12-13H,4-5,10H2,1H3. The van der Waals surface area contributed by atoms with Crippen molar-refractivity contribution < 1.29 is 10.2 Å². The number of rotatable bonds is 4. The summed E-state index contributed by atoms with van der Waals surface area (Å²) in [5, 5.41) is 18.4. The van der Waals surface area contributed by atoms with Gasteiger partial charge in [0.05, 0.1) is 18.4 Å². The van der Waals surface area contributed by atoms with Crippen molar-refractivity contribution in [3.05, 3.63) is 17.8 Å². The van der Waals surface area contributed by atoms with Crippen molar-refractivity contribution in [3.63, 3.8) is 0 Å².